The topological polar surface area (TPSA) is 202 Å². The van der Waals surface area contributed by atoms with E-state index < -0.39 is 50.4 Å². The fourth-order valence-electron chi connectivity index (χ4n) is 5.29. The van der Waals surface area contributed by atoms with E-state index in [0.717, 1.165) is 5.39 Å². The normalized spacial score (nSPS) is 23.3. The molecule has 2 aromatic carbocycles. The number of carbonyl (C=O) groups is 1. The molecular formula is C32H43N6O9P. The lowest BCUT2D eigenvalue weighted by atomic mass is 9.96. The Hall–Kier alpha value is -3.85. The van der Waals surface area contributed by atoms with Gasteiger partial charge in [0.1, 0.15) is 29.6 Å². The first-order chi connectivity index (χ1) is 22.5. The van der Waals surface area contributed by atoms with Gasteiger partial charge >= 0.3 is 13.7 Å². The number of anilines is 1. The van der Waals surface area contributed by atoms with Crippen LogP contribution in [0.15, 0.2) is 48.8 Å². The van der Waals surface area contributed by atoms with E-state index in [1.54, 1.807) is 32.0 Å². The van der Waals surface area contributed by atoms with E-state index in [0.29, 0.717) is 5.39 Å². The zero-order valence-electron chi connectivity index (χ0n) is 28.0. The van der Waals surface area contributed by atoms with Gasteiger partial charge in [-0.1, -0.05) is 71.0 Å². The average molecular weight is 687 g/mol. The van der Waals surface area contributed by atoms with Crippen molar-refractivity contribution in [1.29, 1.82) is 0 Å². The lowest BCUT2D eigenvalue weighted by Crippen LogP contribution is -2.45. The van der Waals surface area contributed by atoms with Gasteiger partial charge in [0, 0.05) is 5.39 Å². The zero-order valence-corrected chi connectivity index (χ0v) is 28.9. The van der Waals surface area contributed by atoms with Crippen molar-refractivity contribution in [3.8, 4) is 11.6 Å². The molecule has 3 heterocycles. The molecular weight excluding hydrogens is 643 g/mol. The predicted molar refractivity (Wildman–Crippen MR) is 177 cm³/mol. The minimum absolute atomic E-state index is 0.0995. The number of nitrogen functional groups attached to an aromatic ring is 1. The Labute approximate surface area is 278 Å². The van der Waals surface area contributed by atoms with Crippen molar-refractivity contribution in [3.05, 3.63) is 48.8 Å². The highest BCUT2D eigenvalue weighted by atomic mass is 31.2. The van der Waals surface area contributed by atoms with Crippen molar-refractivity contribution in [2.75, 3.05) is 26.1 Å². The Morgan fingerprint density at radius 3 is 2.58 bits per heavy atom. The molecule has 15 nitrogen and oxygen atoms in total. The lowest BCUT2D eigenvalue weighted by molar-refractivity contribution is -0.149. The maximum Gasteiger partial charge on any atom is 0.459 e. The summed E-state index contributed by atoms with van der Waals surface area (Å²) >= 11 is 0. The third kappa shape index (κ3) is 7.41. The summed E-state index contributed by atoms with van der Waals surface area (Å²) in [5, 5.41) is 27.0. The van der Waals surface area contributed by atoms with Crippen LogP contribution in [-0.2, 0) is 23.4 Å². The van der Waals surface area contributed by atoms with Gasteiger partial charge in [-0.05, 0) is 29.7 Å². The second-order valence-corrected chi connectivity index (χ2v) is 15.2. The molecule has 0 spiro atoms. The van der Waals surface area contributed by atoms with Gasteiger partial charge in [0.05, 0.1) is 26.7 Å². The first kappa shape index (κ1) is 35.5. The van der Waals surface area contributed by atoms with Gasteiger partial charge in [-0.2, -0.15) is 15.1 Å². The third-order valence-corrected chi connectivity index (χ3v) is 9.37. The number of nitrogens with one attached hydrogen (secondary N) is 1. The van der Waals surface area contributed by atoms with E-state index in [2.05, 4.69) is 20.0 Å². The molecule has 5 rings (SSSR count). The van der Waals surface area contributed by atoms with Crippen LogP contribution < -0.4 is 20.1 Å². The summed E-state index contributed by atoms with van der Waals surface area (Å²) in [7, 11) is -3.02. The number of hydrogen-bond donors (Lipinski definition) is 4. The number of esters is 1. The number of ether oxygens (including phenoxy) is 3. The Morgan fingerprint density at radius 1 is 1.19 bits per heavy atom. The standard InChI is InChI=1S/C32H43N6O9P/c1-18(2)23(28(40)44-16-31(3,4)5)37-48(42,47-21-14-10-12-19-11-8-9-13-20(19)21)45-15-22-25(39)32(6,41)29(46-22)38-17-34-24-26(38)35-30(33)36-27(24)43-7/h8-14,17-18,22-23,25,29,39,41H,15-16H2,1-7H3,(H,37,42)(H2,33,35,36)/t22-,23+,25-,29-,32-,48?/m1/s1. The highest BCUT2D eigenvalue weighted by Crippen LogP contribution is 2.49. The molecule has 0 amide bonds. The van der Waals surface area contributed by atoms with E-state index >= 15 is 0 Å². The van der Waals surface area contributed by atoms with E-state index in [1.807, 2.05) is 45.0 Å². The Bertz CT molecular complexity index is 1820. The van der Waals surface area contributed by atoms with Crippen molar-refractivity contribution < 1.29 is 42.8 Å². The number of nitrogens with two attached hydrogens (primary N) is 1. The molecule has 1 saturated heterocycles. The number of aromatic nitrogens is 4. The molecule has 48 heavy (non-hydrogen) atoms. The van der Waals surface area contributed by atoms with Crippen LogP contribution in [0.1, 0.15) is 47.8 Å². The molecule has 0 saturated carbocycles. The molecule has 0 aliphatic carbocycles. The van der Waals surface area contributed by atoms with Crippen LogP contribution in [0, 0.1) is 11.3 Å². The minimum Gasteiger partial charge on any atom is -0.479 e. The number of fused-ring (bicyclic) bond motifs is 2. The first-order valence-electron chi connectivity index (χ1n) is 15.5. The fraction of sp³-hybridized carbons (Fsp3) is 0.500. The second-order valence-electron chi connectivity index (χ2n) is 13.5. The van der Waals surface area contributed by atoms with Crippen molar-refractivity contribution >= 4 is 41.6 Å². The highest BCUT2D eigenvalue weighted by molar-refractivity contribution is 7.52. The monoisotopic (exact) mass is 686 g/mol. The van der Waals surface area contributed by atoms with Gasteiger partial charge in [0.15, 0.2) is 17.4 Å². The molecule has 6 atom stereocenters. The van der Waals surface area contributed by atoms with Gasteiger partial charge in [0.2, 0.25) is 11.8 Å². The van der Waals surface area contributed by atoms with E-state index in [9.17, 15) is 19.6 Å². The van der Waals surface area contributed by atoms with Crippen LogP contribution in [0.4, 0.5) is 5.95 Å². The van der Waals surface area contributed by atoms with Crippen LogP contribution in [0.5, 0.6) is 11.6 Å². The Kier molecular flexibility index (Phi) is 10.0. The lowest BCUT2D eigenvalue weighted by Gasteiger charge is -2.29. The number of aliphatic hydroxyl groups excluding tert-OH is 1. The molecule has 1 aliphatic rings. The third-order valence-electron chi connectivity index (χ3n) is 7.85. The molecule has 1 aliphatic heterocycles. The van der Waals surface area contributed by atoms with Crippen molar-refractivity contribution in [1.82, 2.24) is 24.6 Å². The van der Waals surface area contributed by atoms with Gasteiger partial charge < -0.3 is 34.7 Å². The average Bonchev–Trinajstić information content (AvgIpc) is 3.54. The minimum atomic E-state index is -4.43. The number of imidazole rings is 1. The van der Waals surface area contributed by atoms with Crippen LogP contribution >= 0.6 is 7.75 Å². The maximum atomic E-state index is 14.6. The van der Waals surface area contributed by atoms with E-state index in [-0.39, 0.29) is 46.7 Å². The summed E-state index contributed by atoms with van der Waals surface area (Å²) in [5.74, 6) is -0.757. The van der Waals surface area contributed by atoms with Gasteiger partial charge in [0.25, 0.3) is 0 Å². The number of benzene rings is 2. The molecule has 16 heteroatoms. The molecule has 260 valence electrons. The Balaban J connectivity index is 1.44. The molecule has 5 N–H and O–H groups in total. The van der Waals surface area contributed by atoms with Gasteiger partial charge in [-0.25, -0.2) is 9.55 Å². The number of nitrogens with zero attached hydrogens (tertiary/aromatic N) is 4. The predicted octanol–water partition coefficient (Wildman–Crippen LogP) is 3.99. The summed E-state index contributed by atoms with van der Waals surface area (Å²) in [6, 6.07) is 11.5. The quantitative estimate of drug-likeness (QED) is 0.123. The molecule has 4 aromatic rings. The molecule has 0 bridgehead atoms. The van der Waals surface area contributed by atoms with Crippen LogP contribution in [0.2, 0.25) is 0 Å². The van der Waals surface area contributed by atoms with Crippen LogP contribution in [0.25, 0.3) is 21.9 Å². The van der Waals surface area contributed by atoms with Crippen molar-refractivity contribution in [2.45, 2.75) is 71.6 Å². The number of rotatable bonds is 12. The summed E-state index contributed by atoms with van der Waals surface area (Å²) in [6.07, 6.45) is -2.64. The summed E-state index contributed by atoms with van der Waals surface area (Å²) in [6.45, 7) is 10.3. The van der Waals surface area contributed by atoms with E-state index in [4.69, 9.17) is 29.0 Å². The number of methoxy groups -OCH3 is 1. The smallest absolute Gasteiger partial charge is 0.459 e. The molecule has 1 unspecified atom stereocenters. The second kappa shape index (κ2) is 13.6. The van der Waals surface area contributed by atoms with Gasteiger partial charge in [-0.3, -0.25) is 13.9 Å². The number of aliphatic hydroxyl groups is 2. The van der Waals surface area contributed by atoms with Crippen molar-refractivity contribution in [2.24, 2.45) is 11.3 Å². The summed E-state index contributed by atoms with van der Waals surface area (Å²) in [5.41, 5.74) is 4.11. The van der Waals surface area contributed by atoms with Crippen LogP contribution in [-0.4, -0.2) is 79.9 Å². The first-order valence-corrected chi connectivity index (χ1v) is 17.0. The fourth-order valence-corrected chi connectivity index (χ4v) is 6.97. The molecule has 1 fully saturated rings. The van der Waals surface area contributed by atoms with Crippen molar-refractivity contribution in [3.63, 3.8) is 0 Å². The molecule has 0 radical (unpaired) electrons. The Morgan fingerprint density at radius 2 is 1.90 bits per heavy atom. The summed E-state index contributed by atoms with van der Waals surface area (Å²) < 4.78 is 45.0. The van der Waals surface area contributed by atoms with Crippen LogP contribution in [0.3, 0.4) is 0 Å². The maximum absolute atomic E-state index is 14.6. The largest absolute Gasteiger partial charge is 0.479 e. The SMILES string of the molecule is COc1nc(N)nc2c1ncn2[C@@H]1O[C@H](COP(=O)(N[C@H](C(=O)OCC(C)(C)C)C(C)C)Oc2cccc3ccccc23)[C@@H](O)[C@@]1(C)O. The highest BCUT2D eigenvalue weighted by Gasteiger charge is 2.54. The van der Waals surface area contributed by atoms with Gasteiger partial charge in [-0.15, -0.1) is 0 Å². The summed E-state index contributed by atoms with van der Waals surface area (Å²) in [4.78, 5) is 25.8. The number of hydrogen-bond acceptors (Lipinski definition) is 13. The zero-order chi connectivity index (χ0) is 35.0. The van der Waals surface area contributed by atoms with E-state index in [1.165, 1.54) is 24.9 Å². The number of carbonyl (C=O) groups excluding carboxylic acids is 1. The molecule has 2 aromatic heterocycles.